The van der Waals surface area contributed by atoms with Crippen LogP contribution in [0.15, 0.2) is 17.3 Å². The molecule has 1 aromatic carbocycles. The van der Waals surface area contributed by atoms with Crippen LogP contribution in [0.4, 0.5) is 0 Å². The largest absolute Gasteiger partial charge is 0.421 e. The molecule has 0 aliphatic carbocycles. The monoisotopic (exact) mass is 303 g/mol. The van der Waals surface area contributed by atoms with E-state index in [0.717, 1.165) is 22.3 Å². The molecule has 0 N–H and O–H groups in total. The molecule has 2 aliphatic heterocycles. The van der Waals surface area contributed by atoms with Crippen LogP contribution in [0.1, 0.15) is 29.2 Å². The van der Waals surface area contributed by atoms with E-state index in [1.807, 2.05) is 32.9 Å². The zero-order valence-electron chi connectivity index (χ0n) is 12.9. The molecule has 2 heterocycles. The van der Waals surface area contributed by atoms with Gasteiger partial charge in [-0.3, -0.25) is 9.59 Å². The third-order valence-corrected chi connectivity index (χ3v) is 3.87. The van der Waals surface area contributed by atoms with Gasteiger partial charge in [0.15, 0.2) is 0 Å². The number of aryl methyl sites for hydroxylation is 3. The van der Waals surface area contributed by atoms with Crippen molar-refractivity contribution in [2.24, 2.45) is 11.1 Å². The van der Waals surface area contributed by atoms with Gasteiger partial charge in [0.1, 0.15) is 11.6 Å². The fraction of sp³-hybridized carbons (Fsp3) is 0.438. The first kappa shape index (κ1) is 14.6. The molecule has 3 rings (SSSR count). The van der Waals surface area contributed by atoms with Crippen molar-refractivity contribution in [2.75, 3.05) is 0 Å². The number of esters is 2. The average molecular weight is 303 g/mol. The summed E-state index contributed by atoms with van der Waals surface area (Å²) in [5, 5.41) is 4.07. The molecular formula is C16H17NO5. The zero-order chi connectivity index (χ0) is 16.0. The molecule has 6 nitrogen and oxygen atoms in total. The Morgan fingerprint density at radius 1 is 1.23 bits per heavy atom. The van der Waals surface area contributed by atoms with E-state index in [4.69, 9.17) is 14.3 Å². The Labute approximate surface area is 128 Å². The summed E-state index contributed by atoms with van der Waals surface area (Å²) in [6, 6.07) is 4.06. The Bertz CT molecular complexity index is 671. The van der Waals surface area contributed by atoms with Gasteiger partial charge in [-0.25, -0.2) is 0 Å². The van der Waals surface area contributed by atoms with E-state index >= 15 is 0 Å². The second-order valence-corrected chi connectivity index (χ2v) is 5.71. The minimum atomic E-state index is -1.04. The SMILES string of the molecule is CC(=O)O[C@H]1OC(=O)[C@@H]2C(c3c(C)cc(C)cc3C)=NO[C@H]12. The first-order valence-corrected chi connectivity index (χ1v) is 7.08. The summed E-state index contributed by atoms with van der Waals surface area (Å²) >= 11 is 0. The number of carbonyl (C=O) groups is 2. The van der Waals surface area contributed by atoms with Crippen molar-refractivity contribution in [3.8, 4) is 0 Å². The second-order valence-electron chi connectivity index (χ2n) is 5.71. The summed E-state index contributed by atoms with van der Waals surface area (Å²) < 4.78 is 10.1. The number of fused-ring (bicyclic) bond motifs is 1. The molecule has 0 bridgehead atoms. The van der Waals surface area contributed by atoms with Crippen LogP contribution in [-0.2, 0) is 23.9 Å². The number of cyclic esters (lactones) is 1. The lowest BCUT2D eigenvalue weighted by Crippen LogP contribution is -2.31. The minimum absolute atomic E-state index is 0.480. The molecule has 22 heavy (non-hydrogen) atoms. The van der Waals surface area contributed by atoms with Crippen molar-refractivity contribution in [2.45, 2.75) is 40.1 Å². The van der Waals surface area contributed by atoms with E-state index in [9.17, 15) is 9.59 Å². The molecule has 1 aromatic rings. The number of hydrogen-bond donors (Lipinski definition) is 0. The summed E-state index contributed by atoms with van der Waals surface area (Å²) in [7, 11) is 0. The normalized spacial score (nSPS) is 26.1. The van der Waals surface area contributed by atoms with Crippen LogP contribution >= 0.6 is 0 Å². The van der Waals surface area contributed by atoms with Crippen LogP contribution in [0, 0.1) is 26.7 Å². The molecule has 0 saturated carbocycles. The smallest absolute Gasteiger partial charge is 0.322 e. The van der Waals surface area contributed by atoms with Gasteiger partial charge in [0.05, 0.1) is 0 Å². The van der Waals surface area contributed by atoms with E-state index in [2.05, 4.69) is 5.16 Å². The average Bonchev–Trinajstić information content (AvgIpc) is 2.91. The fourth-order valence-electron chi connectivity index (χ4n) is 3.14. The maximum Gasteiger partial charge on any atom is 0.322 e. The molecule has 1 saturated heterocycles. The van der Waals surface area contributed by atoms with Gasteiger partial charge in [0, 0.05) is 12.5 Å². The number of ether oxygens (including phenoxy) is 2. The first-order chi connectivity index (χ1) is 10.4. The van der Waals surface area contributed by atoms with Crippen molar-refractivity contribution in [1.29, 1.82) is 0 Å². The van der Waals surface area contributed by atoms with Crippen LogP contribution in [-0.4, -0.2) is 30.0 Å². The van der Waals surface area contributed by atoms with Gasteiger partial charge in [-0.2, -0.15) is 0 Å². The number of hydrogen-bond acceptors (Lipinski definition) is 6. The molecule has 116 valence electrons. The summed E-state index contributed by atoms with van der Waals surface area (Å²) in [4.78, 5) is 28.6. The van der Waals surface area contributed by atoms with Crippen LogP contribution in [0.3, 0.4) is 0 Å². The number of carbonyl (C=O) groups excluding carboxylic acids is 2. The Morgan fingerprint density at radius 3 is 2.45 bits per heavy atom. The third kappa shape index (κ3) is 2.24. The van der Waals surface area contributed by atoms with Crippen molar-refractivity contribution >= 4 is 17.7 Å². The van der Waals surface area contributed by atoms with Gasteiger partial charge in [-0.05, 0) is 31.9 Å². The standard InChI is InChI=1S/C16H17NO5/c1-7-5-8(2)11(9(3)6-7)13-12-14(22-17-13)16(20-10(4)18)21-15(12)19/h5-6,12,14,16H,1-4H3/t12-,14+,16+/m1/s1. The highest BCUT2D eigenvalue weighted by Crippen LogP contribution is 2.36. The number of benzene rings is 1. The highest BCUT2D eigenvalue weighted by atomic mass is 16.8. The predicted octanol–water partition coefficient (Wildman–Crippen LogP) is 1.78. The van der Waals surface area contributed by atoms with Gasteiger partial charge in [-0.1, -0.05) is 22.9 Å². The molecule has 2 aliphatic rings. The summed E-state index contributed by atoms with van der Waals surface area (Å²) in [6.45, 7) is 7.20. The molecule has 0 aromatic heterocycles. The second kappa shape index (κ2) is 5.12. The Kier molecular flexibility index (Phi) is 3.39. The van der Waals surface area contributed by atoms with Crippen molar-refractivity contribution in [3.05, 3.63) is 34.4 Å². The first-order valence-electron chi connectivity index (χ1n) is 7.08. The van der Waals surface area contributed by atoms with E-state index < -0.39 is 30.3 Å². The highest BCUT2D eigenvalue weighted by Gasteiger charge is 2.55. The molecule has 6 heteroatoms. The summed E-state index contributed by atoms with van der Waals surface area (Å²) in [5.41, 5.74) is 4.60. The van der Waals surface area contributed by atoms with Crippen LogP contribution in [0.2, 0.25) is 0 Å². The van der Waals surface area contributed by atoms with Gasteiger partial charge in [0.25, 0.3) is 6.29 Å². The number of rotatable bonds is 2. The number of oxime groups is 1. The van der Waals surface area contributed by atoms with Crippen molar-refractivity contribution < 1.29 is 23.9 Å². The van der Waals surface area contributed by atoms with Crippen LogP contribution in [0.25, 0.3) is 0 Å². The van der Waals surface area contributed by atoms with Crippen molar-refractivity contribution in [1.82, 2.24) is 0 Å². The van der Waals surface area contributed by atoms with E-state index in [1.54, 1.807) is 0 Å². The quantitative estimate of drug-likeness (QED) is 0.779. The topological polar surface area (TPSA) is 74.2 Å². The Morgan fingerprint density at radius 2 is 1.86 bits per heavy atom. The molecule has 0 radical (unpaired) electrons. The summed E-state index contributed by atoms with van der Waals surface area (Å²) in [6.07, 6.45) is -1.76. The van der Waals surface area contributed by atoms with E-state index in [0.29, 0.717) is 5.71 Å². The molecule has 0 amide bonds. The van der Waals surface area contributed by atoms with E-state index in [1.165, 1.54) is 6.92 Å². The van der Waals surface area contributed by atoms with Gasteiger partial charge < -0.3 is 14.3 Å². The lowest BCUT2D eigenvalue weighted by Gasteiger charge is -2.13. The van der Waals surface area contributed by atoms with Crippen LogP contribution in [0.5, 0.6) is 0 Å². The number of nitrogens with zero attached hydrogens (tertiary/aromatic N) is 1. The lowest BCUT2D eigenvalue weighted by atomic mass is 9.88. The maximum absolute atomic E-state index is 12.1. The molecule has 1 fully saturated rings. The highest BCUT2D eigenvalue weighted by molar-refractivity contribution is 6.15. The van der Waals surface area contributed by atoms with Crippen LogP contribution < -0.4 is 0 Å². The fourth-order valence-corrected chi connectivity index (χ4v) is 3.14. The molecule has 0 spiro atoms. The molecule has 3 atom stereocenters. The van der Waals surface area contributed by atoms with Gasteiger partial charge >= 0.3 is 11.9 Å². The van der Waals surface area contributed by atoms with Gasteiger partial charge in [-0.15, -0.1) is 0 Å². The minimum Gasteiger partial charge on any atom is -0.421 e. The Balaban J connectivity index is 1.96. The summed E-state index contributed by atoms with van der Waals surface area (Å²) in [5.74, 6) is -1.67. The Hall–Kier alpha value is -2.37. The van der Waals surface area contributed by atoms with Gasteiger partial charge in [0.2, 0.25) is 6.10 Å². The van der Waals surface area contributed by atoms with Crippen molar-refractivity contribution in [3.63, 3.8) is 0 Å². The van der Waals surface area contributed by atoms with E-state index in [-0.39, 0.29) is 0 Å². The predicted molar refractivity (Wildman–Crippen MR) is 77.2 cm³/mol. The maximum atomic E-state index is 12.1. The zero-order valence-corrected chi connectivity index (χ0v) is 12.9. The lowest BCUT2D eigenvalue weighted by molar-refractivity contribution is -0.188. The third-order valence-electron chi connectivity index (χ3n) is 3.87. The molecular weight excluding hydrogens is 286 g/mol. The molecule has 0 unspecified atom stereocenters.